The quantitative estimate of drug-likeness (QED) is 0.821. The van der Waals surface area contributed by atoms with Gasteiger partial charge >= 0.3 is 0 Å². The normalized spacial score (nSPS) is 12.8. The van der Waals surface area contributed by atoms with Crippen LogP contribution in [0.2, 0.25) is 0 Å². The van der Waals surface area contributed by atoms with E-state index in [1.165, 1.54) is 0 Å². The molecule has 2 N–H and O–H groups in total. The van der Waals surface area contributed by atoms with Gasteiger partial charge in [-0.1, -0.05) is 18.2 Å². The smallest absolute Gasteiger partial charge is 0.198 e. The van der Waals surface area contributed by atoms with Gasteiger partial charge in [0.15, 0.2) is 11.5 Å². The molecule has 0 saturated carbocycles. The Hall–Kier alpha value is -1.61. The number of para-hydroxylation sites is 1. The van der Waals surface area contributed by atoms with E-state index in [2.05, 4.69) is 0 Å². The maximum absolute atomic E-state index is 12.0. The molecule has 1 aromatic heterocycles. The molecule has 1 aromatic carbocycles. The van der Waals surface area contributed by atoms with Crippen molar-refractivity contribution in [1.29, 1.82) is 0 Å². The number of rotatable bonds is 5. The van der Waals surface area contributed by atoms with Crippen molar-refractivity contribution in [3.05, 3.63) is 35.6 Å². The van der Waals surface area contributed by atoms with E-state index in [9.17, 15) is 4.79 Å². The first kappa shape index (κ1) is 12.8. The average molecular weight is 245 g/mol. The Balaban J connectivity index is 2.11. The van der Waals surface area contributed by atoms with Gasteiger partial charge in [-0.2, -0.15) is 0 Å². The molecule has 0 aliphatic carbocycles. The van der Waals surface area contributed by atoms with Gasteiger partial charge < -0.3 is 10.2 Å². The predicted molar refractivity (Wildman–Crippen MR) is 72.8 cm³/mol. The van der Waals surface area contributed by atoms with E-state index < -0.39 is 0 Å². The molecule has 96 valence electrons. The fourth-order valence-corrected chi connectivity index (χ4v) is 2.05. The molecule has 1 unspecified atom stereocenters. The lowest BCUT2D eigenvalue weighted by molar-refractivity contribution is 0.0954. The minimum Gasteiger partial charge on any atom is -0.453 e. The summed E-state index contributed by atoms with van der Waals surface area (Å²) in [5, 5.41) is 0.991. The van der Waals surface area contributed by atoms with Crippen molar-refractivity contribution in [3.63, 3.8) is 0 Å². The Bertz CT molecular complexity index is 555. The van der Waals surface area contributed by atoms with Crippen LogP contribution in [0.4, 0.5) is 0 Å². The second-order valence-corrected chi connectivity index (χ2v) is 4.90. The second-order valence-electron chi connectivity index (χ2n) is 4.90. The summed E-state index contributed by atoms with van der Waals surface area (Å²) in [6, 6.07) is 7.89. The molecule has 0 radical (unpaired) electrons. The van der Waals surface area contributed by atoms with Crippen molar-refractivity contribution in [2.45, 2.75) is 39.2 Å². The van der Waals surface area contributed by atoms with Crippen LogP contribution in [0.5, 0.6) is 0 Å². The first-order chi connectivity index (χ1) is 8.58. The first-order valence-electron chi connectivity index (χ1n) is 6.36. The molecule has 3 nitrogen and oxygen atoms in total. The van der Waals surface area contributed by atoms with E-state index in [0.717, 1.165) is 29.4 Å². The van der Waals surface area contributed by atoms with E-state index in [1.54, 1.807) is 0 Å². The highest BCUT2D eigenvalue weighted by atomic mass is 16.3. The summed E-state index contributed by atoms with van der Waals surface area (Å²) in [6.45, 7) is 3.94. The van der Waals surface area contributed by atoms with Crippen LogP contribution in [-0.4, -0.2) is 11.8 Å². The minimum atomic E-state index is 0.0613. The topological polar surface area (TPSA) is 56.2 Å². The highest BCUT2D eigenvalue weighted by Gasteiger charge is 2.13. The molecule has 0 spiro atoms. The van der Waals surface area contributed by atoms with Crippen LogP contribution in [0.25, 0.3) is 11.0 Å². The van der Waals surface area contributed by atoms with Crippen LogP contribution in [0.1, 0.15) is 42.3 Å². The van der Waals surface area contributed by atoms with Crippen molar-refractivity contribution in [1.82, 2.24) is 0 Å². The lowest BCUT2D eigenvalue weighted by atomic mass is 10.1. The first-order valence-corrected chi connectivity index (χ1v) is 6.36. The summed E-state index contributed by atoms with van der Waals surface area (Å²) in [6.07, 6.45) is 2.18. The molecule has 0 aliphatic rings. The summed E-state index contributed by atoms with van der Waals surface area (Å²) in [7, 11) is 0. The standard InChI is InChI=1S/C15H19NO2/c1-10-5-3-7-12-9-14(18-15(10)12)13(17)8-4-6-11(2)16/h3,5,7,9,11H,4,6,8,16H2,1-2H3. The minimum absolute atomic E-state index is 0.0613. The second kappa shape index (κ2) is 5.36. The molecular weight excluding hydrogens is 226 g/mol. The fourth-order valence-electron chi connectivity index (χ4n) is 2.05. The third-order valence-electron chi connectivity index (χ3n) is 3.08. The Morgan fingerprint density at radius 2 is 2.22 bits per heavy atom. The van der Waals surface area contributed by atoms with Crippen molar-refractivity contribution in [2.24, 2.45) is 5.73 Å². The van der Waals surface area contributed by atoms with Crippen LogP contribution in [0.15, 0.2) is 28.7 Å². The zero-order chi connectivity index (χ0) is 13.1. The van der Waals surface area contributed by atoms with Crippen LogP contribution in [0.3, 0.4) is 0 Å². The van der Waals surface area contributed by atoms with Crippen LogP contribution >= 0.6 is 0 Å². The molecular formula is C15H19NO2. The van der Waals surface area contributed by atoms with E-state index in [0.29, 0.717) is 12.2 Å². The zero-order valence-corrected chi connectivity index (χ0v) is 10.9. The van der Waals surface area contributed by atoms with Gasteiger partial charge in [0.2, 0.25) is 0 Å². The largest absolute Gasteiger partial charge is 0.453 e. The maximum Gasteiger partial charge on any atom is 0.198 e. The number of fused-ring (bicyclic) bond motifs is 1. The van der Waals surface area contributed by atoms with Crippen molar-refractivity contribution >= 4 is 16.8 Å². The molecule has 1 atom stereocenters. The molecule has 2 aromatic rings. The molecule has 0 amide bonds. The number of hydrogen-bond donors (Lipinski definition) is 1. The van der Waals surface area contributed by atoms with Gasteiger partial charge in [0.25, 0.3) is 0 Å². The Labute approximate surface area is 107 Å². The number of carbonyl (C=O) groups is 1. The summed E-state index contributed by atoms with van der Waals surface area (Å²) in [5.74, 6) is 0.523. The molecule has 0 bridgehead atoms. The van der Waals surface area contributed by atoms with Gasteiger partial charge in [-0.05, 0) is 38.3 Å². The monoisotopic (exact) mass is 245 g/mol. The van der Waals surface area contributed by atoms with Crippen LogP contribution < -0.4 is 5.73 Å². The lowest BCUT2D eigenvalue weighted by Gasteiger charge is -2.02. The van der Waals surface area contributed by atoms with Crippen molar-refractivity contribution in [2.75, 3.05) is 0 Å². The molecule has 1 heterocycles. The van der Waals surface area contributed by atoms with Crippen molar-refractivity contribution in [3.8, 4) is 0 Å². The Kier molecular flexibility index (Phi) is 3.82. The summed E-state index contributed by atoms with van der Waals surface area (Å²) >= 11 is 0. The van der Waals surface area contributed by atoms with E-state index in [1.807, 2.05) is 38.1 Å². The van der Waals surface area contributed by atoms with E-state index in [-0.39, 0.29) is 11.8 Å². The lowest BCUT2D eigenvalue weighted by Crippen LogP contribution is -2.14. The van der Waals surface area contributed by atoms with Crippen LogP contribution in [0, 0.1) is 6.92 Å². The summed E-state index contributed by atoms with van der Waals surface area (Å²) in [4.78, 5) is 12.0. The van der Waals surface area contributed by atoms with E-state index in [4.69, 9.17) is 10.2 Å². The molecule has 0 aliphatic heterocycles. The number of ketones is 1. The maximum atomic E-state index is 12.0. The third-order valence-corrected chi connectivity index (χ3v) is 3.08. The zero-order valence-electron chi connectivity index (χ0n) is 10.9. The average Bonchev–Trinajstić information content (AvgIpc) is 2.74. The van der Waals surface area contributed by atoms with Gasteiger partial charge in [0, 0.05) is 17.8 Å². The summed E-state index contributed by atoms with van der Waals surface area (Å²) in [5.41, 5.74) is 7.53. The molecule has 0 saturated heterocycles. The van der Waals surface area contributed by atoms with E-state index >= 15 is 0 Å². The van der Waals surface area contributed by atoms with Gasteiger partial charge in [-0.15, -0.1) is 0 Å². The van der Waals surface area contributed by atoms with Gasteiger partial charge in [-0.25, -0.2) is 0 Å². The summed E-state index contributed by atoms with van der Waals surface area (Å²) < 4.78 is 5.64. The highest BCUT2D eigenvalue weighted by Crippen LogP contribution is 2.23. The predicted octanol–water partition coefficient (Wildman–Crippen LogP) is 3.44. The Morgan fingerprint density at radius 3 is 2.89 bits per heavy atom. The van der Waals surface area contributed by atoms with Crippen LogP contribution in [-0.2, 0) is 0 Å². The van der Waals surface area contributed by atoms with Gasteiger partial charge in [-0.3, -0.25) is 4.79 Å². The number of carbonyl (C=O) groups excluding carboxylic acids is 1. The number of furan rings is 1. The van der Waals surface area contributed by atoms with Crippen molar-refractivity contribution < 1.29 is 9.21 Å². The highest BCUT2D eigenvalue weighted by molar-refractivity contribution is 5.98. The van der Waals surface area contributed by atoms with Gasteiger partial charge in [0.05, 0.1) is 0 Å². The molecule has 3 heteroatoms. The third kappa shape index (κ3) is 2.79. The fraction of sp³-hybridized carbons (Fsp3) is 0.400. The number of nitrogens with two attached hydrogens (primary N) is 1. The molecule has 2 rings (SSSR count). The SMILES string of the molecule is Cc1cccc2cc(C(=O)CCCC(C)N)oc12. The number of hydrogen-bond acceptors (Lipinski definition) is 3. The number of benzene rings is 1. The Morgan fingerprint density at radius 1 is 1.44 bits per heavy atom. The number of aryl methyl sites for hydroxylation is 1. The van der Waals surface area contributed by atoms with Gasteiger partial charge in [0.1, 0.15) is 5.58 Å². The molecule has 0 fully saturated rings. The molecule has 18 heavy (non-hydrogen) atoms. The number of Topliss-reactive ketones (excluding diaryl/α,β-unsaturated/α-hetero) is 1.